The number of pyridine rings is 1. The van der Waals surface area contributed by atoms with E-state index in [1.165, 1.54) is 18.7 Å². The molecule has 0 saturated carbocycles. The highest BCUT2D eigenvalue weighted by Gasteiger charge is 2.22. The number of sulfonamides is 1. The van der Waals surface area contributed by atoms with E-state index in [2.05, 4.69) is 9.71 Å². The van der Waals surface area contributed by atoms with E-state index >= 15 is 0 Å². The van der Waals surface area contributed by atoms with Crippen molar-refractivity contribution in [3.63, 3.8) is 0 Å². The van der Waals surface area contributed by atoms with Gasteiger partial charge in [0.1, 0.15) is 0 Å². The zero-order valence-corrected chi connectivity index (χ0v) is 17.6. The van der Waals surface area contributed by atoms with E-state index in [0.29, 0.717) is 5.82 Å². The van der Waals surface area contributed by atoms with Gasteiger partial charge in [0.25, 0.3) is 10.0 Å². The Morgan fingerprint density at radius 2 is 1.59 bits per heavy atom. The lowest BCUT2D eigenvalue weighted by Gasteiger charge is -2.28. The van der Waals surface area contributed by atoms with E-state index in [0.717, 1.165) is 49.9 Å². The van der Waals surface area contributed by atoms with Crippen molar-refractivity contribution >= 4 is 27.5 Å². The smallest absolute Gasteiger partial charge is 0.337 e. The fourth-order valence-corrected chi connectivity index (χ4v) is 4.89. The minimum Gasteiger partial charge on any atom is -0.478 e. The number of hydrogen-bond acceptors (Lipinski definition) is 5. The van der Waals surface area contributed by atoms with E-state index in [4.69, 9.17) is 0 Å². The zero-order valence-electron chi connectivity index (χ0n) is 16.8. The molecule has 156 valence electrons. The first-order chi connectivity index (χ1) is 13.8. The molecule has 0 spiro atoms. The number of aromatic carboxylic acids is 1. The lowest BCUT2D eigenvalue weighted by molar-refractivity contribution is 0.0696. The third kappa shape index (κ3) is 5.26. The van der Waals surface area contributed by atoms with Crippen molar-refractivity contribution in [3.05, 3.63) is 47.2 Å². The largest absolute Gasteiger partial charge is 0.478 e. The Morgan fingerprint density at radius 1 is 1.00 bits per heavy atom. The number of aromatic nitrogens is 1. The molecule has 2 N–H and O–H groups in total. The molecule has 0 unspecified atom stereocenters. The van der Waals surface area contributed by atoms with Crippen LogP contribution in [0.4, 0.5) is 11.5 Å². The predicted octanol–water partition coefficient (Wildman–Crippen LogP) is 3.97. The normalized spacial score (nSPS) is 15.4. The summed E-state index contributed by atoms with van der Waals surface area (Å²) in [6, 6.07) is 6.44. The third-order valence-corrected chi connectivity index (χ3v) is 6.36. The second kappa shape index (κ2) is 8.82. The quantitative estimate of drug-likeness (QED) is 0.764. The van der Waals surface area contributed by atoms with Gasteiger partial charge in [-0.2, -0.15) is 0 Å². The van der Waals surface area contributed by atoms with Crippen LogP contribution in [0.3, 0.4) is 0 Å². The highest BCUT2D eigenvalue weighted by atomic mass is 32.2. The van der Waals surface area contributed by atoms with Crippen LogP contribution in [0.1, 0.15) is 53.6 Å². The number of benzene rings is 1. The van der Waals surface area contributed by atoms with E-state index in [1.807, 2.05) is 24.8 Å². The zero-order chi connectivity index (χ0) is 21.0. The molecule has 29 heavy (non-hydrogen) atoms. The van der Waals surface area contributed by atoms with Gasteiger partial charge in [-0.3, -0.25) is 4.72 Å². The van der Waals surface area contributed by atoms with Gasteiger partial charge < -0.3 is 10.0 Å². The molecule has 2 aromatic rings. The summed E-state index contributed by atoms with van der Waals surface area (Å²) in [5.41, 5.74) is 1.82. The van der Waals surface area contributed by atoms with Crippen molar-refractivity contribution in [2.75, 3.05) is 22.7 Å². The van der Waals surface area contributed by atoms with Crippen LogP contribution in [-0.4, -0.2) is 37.6 Å². The van der Waals surface area contributed by atoms with Crippen LogP contribution in [0, 0.1) is 13.8 Å². The molecule has 0 amide bonds. The fourth-order valence-electron chi connectivity index (χ4n) is 3.65. The van der Waals surface area contributed by atoms with Gasteiger partial charge in [0.05, 0.1) is 16.1 Å². The molecule has 8 heteroatoms. The molecule has 1 saturated heterocycles. The van der Waals surface area contributed by atoms with E-state index in [9.17, 15) is 18.3 Å². The molecular weight excluding hydrogens is 390 g/mol. The Hall–Kier alpha value is -2.61. The number of nitrogens with one attached hydrogen (secondary N) is 1. The topological polar surface area (TPSA) is 99.6 Å². The van der Waals surface area contributed by atoms with Crippen LogP contribution in [0.2, 0.25) is 0 Å². The highest BCUT2D eigenvalue weighted by molar-refractivity contribution is 7.92. The molecule has 3 rings (SSSR count). The van der Waals surface area contributed by atoms with Gasteiger partial charge in [-0.15, -0.1) is 0 Å². The van der Waals surface area contributed by atoms with Crippen LogP contribution in [0.5, 0.6) is 0 Å². The molecule has 0 atom stereocenters. The van der Waals surface area contributed by atoms with Crippen molar-refractivity contribution in [3.8, 4) is 0 Å². The molecule has 1 fully saturated rings. The number of anilines is 2. The average molecular weight is 418 g/mol. The van der Waals surface area contributed by atoms with Crippen LogP contribution < -0.4 is 9.62 Å². The molecule has 2 heterocycles. The maximum absolute atomic E-state index is 13.0. The van der Waals surface area contributed by atoms with E-state index in [-0.39, 0.29) is 16.1 Å². The van der Waals surface area contributed by atoms with Crippen LogP contribution in [-0.2, 0) is 10.0 Å². The molecule has 7 nitrogen and oxygen atoms in total. The molecule has 1 aliphatic heterocycles. The van der Waals surface area contributed by atoms with Gasteiger partial charge in [0, 0.05) is 19.3 Å². The van der Waals surface area contributed by atoms with Crippen molar-refractivity contribution in [2.45, 2.75) is 50.8 Å². The van der Waals surface area contributed by atoms with Gasteiger partial charge in [-0.05, 0) is 56.0 Å². The predicted molar refractivity (Wildman–Crippen MR) is 113 cm³/mol. The maximum Gasteiger partial charge on any atom is 0.337 e. The van der Waals surface area contributed by atoms with Gasteiger partial charge in [-0.1, -0.05) is 25.3 Å². The number of carboxylic acid groups (broad SMARTS) is 1. The Labute approximate surface area is 171 Å². The standard InChI is InChI=1S/C21H27N3O4S/c1-15-10-16(2)12-18(11-15)29(27,28)23-19-13-17(21(25)26)14-22-20(19)24-8-6-4-3-5-7-9-24/h10-14,23H,3-9H2,1-2H3,(H,25,26). The minimum absolute atomic E-state index is 0.0566. The van der Waals surface area contributed by atoms with Crippen molar-refractivity contribution < 1.29 is 18.3 Å². The molecule has 0 aliphatic carbocycles. The SMILES string of the molecule is Cc1cc(C)cc(S(=O)(=O)Nc2cc(C(=O)O)cnc2N2CCCCCCC2)c1. The van der Waals surface area contributed by atoms with E-state index in [1.54, 1.807) is 12.1 Å². The van der Waals surface area contributed by atoms with Gasteiger partial charge in [0.15, 0.2) is 5.82 Å². The second-order valence-electron chi connectivity index (χ2n) is 7.58. The van der Waals surface area contributed by atoms with Gasteiger partial charge >= 0.3 is 5.97 Å². The summed E-state index contributed by atoms with van der Waals surface area (Å²) >= 11 is 0. The number of carboxylic acids is 1. The second-order valence-corrected chi connectivity index (χ2v) is 9.27. The Balaban J connectivity index is 2.01. The first-order valence-corrected chi connectivity index (χ1v) is 11.3. The van der Waals surface area contributed by atoms with Gasteiger partial charge in [0.2, 0.25) is 0 Å². The molecule has 0 radical (unpaired) electrons. The summed E-state index contributed by atoms with van der Waals surface area (Å²) in [7, 11) is -3.89. The van der Waals surface area contributed by atoms with Crippen molar-refractivity contribution in [1.82, 2.24) is 4.98 Å². The van der Waals surface area contributed by atoms with Crippen molar-refractivity contribution in [2.24, 2.45) is 0 Å². The lowest BCUT2D eigenvalue weighted by Crippen LogP contribution is -2.29. The molecule has 1 aromatic heterocycles. The van der Waals surface area contributed by atoms with Crippen molar-refractivity contribution in [1.29, 1.82) is 0 Å². The monoisotopic (exact) mass is 417 g/mol. The Morgan fingerprint density at radius 3 is 2.17 bits per heavy atom. The summed E-state index contributed by atoms with van der Waals surface area (Å²) in [5, 5.41) is 9.35. The molecular formula is C21H27N3O4S. The highest BCUT2D eigenvalue weighted by Crippen LogP contribution is 2.29. The third-order valence-electron chi connectivity index (χ3n) is 5.02. The summed E-state index contributed by atoms with van der Waals surface area (Å²) in [4.78, 5) is 18.0. The fraction of sp³-hybridized carbons (Fsp3) is 0.429. The number of hydrogen-bond donors (Lipinski definition) is 2. The molecule has 1 aliphatic rings. The number of carbonyl (C=O) groups is 1. The summed E-state index contributed by atoms with van der Waals surface area (Å²) in [6.07, 6.45) is 6.70. The Bertz CT molecular complexity index is 977. The summed E-state index contributed by atoms with van der Waals surface area (Å²) in [5.74, 6) is -0.673. The maximum atomic E-state index is 13.0. The summed E-state index contributed by atoms with van der Waals surface area (Å²) < 4.78 is 28.7. The first-order valence-electron chi connectivity index (χ1n) is 9.86. The first kappa shape index (κ1) is 21.1. The van der Waals surface area contributed by atoms with Crippen LogP contribution in [0.25, 0.3) is 0 Å². The lowest BCUT2D eigenvalue weighted by atomic mass is 10.1. The van der Waals surface area contributed by atoms with Crippen LogP contribution in [0.15, 0.2) is 35.4 Å². The Kier molecular flexibility index (Phi) is 6.42. The van der Waals surface area contributed by atoms with Gasteiger partial charge in [-0.25, -0.2) is 18.2 Å². The number of rotatable bonds is 5. The minimum atomic E-state index is -3.89. The number of aryl methyl sites for hydroxylation is 2. The van der Waals surface area contributed by atoms with E-state index < -0.39 is 16.0 Å². The van der Waals surface area contributed by atoms with Crippen LogP contribution >= 0.6 is 0 Å². The average Bonchev–Trinajstić information content (AvgIpc) is 2.61. The molecule has 0 bridgehead atoms. The number of nitrogens with zero attached hydrogens (tertiary/aromatic N) is 2. The molecule has 1 aromatic carbocycles. The summed E-state index contributed by atoms with van der Waals surface area (Å²) in [6.45, 7) is 5.20.